The van der Waals surface area contributed by atoms with Crippen molar-refractivity contribution in [3.8, 4) is 11.4 Å². The molecule has 4 rings (SSSR count). The summed E-state index contributed by atoms with van der Waals surface area (Å²) in [7, 11) is 0. The molecule has 1 aromatic carbocycles. The Morgan fingerprint density at radius 3 is 2.85 bits per heavy atom. The maximum atomic E-state index is 12.9. The molecular weight excluding hydrogens is 346 g/mol. The van der Waals surface area contributed by atoms with E-state index in [9.17, 15) is 9.59 Å². The van der Waals surface area contributed by atoms with Crippen LogP contribution in [0, 0.1) is 0 Å². The van der Waals surface area contributed by atoms with Gasteiger partial charge >= 0.3 is 5.97 Å². The van der Waals surface area contributed by atoms with Crippen molar-refractivity contribution in [1.29, 1.82) is 0 Å². The van der Waals surface area contributed by atoms with Crippen LogP contribution in [0.25, 0.3) is 22.3 Å². The number of hydrogen-bond donors (Lipinski definition) is 0. The fraction of sp³-hybridized carbons (Fsp3) is 0.421. The molecule has 0 saturated carbocycles. The van der Waals surface area contributed by atoms with Crippen LogP contribution in [0.5, 0.6) is 0 Å². The van der Waals surface area contributed by atoms with Crippen LogP contribution < -0.4 is 5.43 Å². The Balaban J connectivity index is 1.99. The molecule has 3 heterocycles. The Morgan fingerprint density at radius 1 is 1.33 bits per heavy atom. The van der Waals surface area contributed by atoms with E-state index < -0.39 is 5.97 Å². The van der Waals surface area contributed by atoms with Crippen LogP contribution in [0.2, 0.25) is 0 Å². The third-order valence-electron chi connectivity index (χ3n) is 5.06. The molecule has 0 N–H and O–H groups in total. The van der Waals surface area contributed by atoms with E-state index in [0.717, 1.165) is 29.5 Å². The fourth-order valence-corrected chi connectivity index (χ4v) is 3.66. The van der Waals surface area contributed by atoms with Crippen molar-refractivity contribution in [1.82, 2.24) is 24.8 Å². The Kier molecular flexibility index (Phi) is 4.25. The summed E-state index contributed by atoms with van der Waals surface area (Å²) in [6.07, 6.45) is 3.34. The molecule has 0 radical (unpaired) electrons. The number of hydrogen-bond acceptors (Lipinski definition) is 6. The molecular formula is C19H21N5O3. The molecule has 27 heavy (non-hydrogen) atoms. The zero-order valence-electron chi connectivity index (χ0n) is 15.6. The van der Waals surface area contributed by atoms with Crippen LogP contribution in [-0.2, 0) is 17.7 Å². The molecule has 1 atom stereocenters. The number of benzene rings is 1. The minimum atomic E-state index is -0.580. The van der Waals surface area contributed by atoms with E-state index >= 15 is 0 Å². The normalized spacial score (nSPS) is 15.9. The molecule has 0 aliphatic carbocycles. The highest BCUT2D eigenvalue weighted by atomic mass is 16.5. The third-order valence-corrected chi connectivity index (χ3v) is 5.06. The molecule has 2 aromatic heterocycles. The van der Waals surface area contributed by atoms with Gasteiger partial charge in [0, 0.05) is 23.2 Å². The topological polar surface area (TPSA) is 91.9 Å². The molecule has 0 spiro atoms. The number of esters is 1. The van der Waals surface area contributed by atoms with E-state index in [1.54, 1.807) is 19.2 Å². The molecule has 1 unspecified atom stereocenters. The predicted octanol–water partition coefficient (Wildman–Crippen LogP) is 2.36. The standard InChI is InChI=1S/C19H21N5O3/c1-4-24-21-18(20-22-24)13-8-9-14-16-12(13)7-6-11(3)23(16)10-15(17(14)25)19(26)27-5-2/h8-11H,4-7H2,1-3H3. The van der Waals surface area contributed by atoms with Crippen molar-refractivity contribution in [3.63, 3.8) is 0 Å². The number of rotatable bonds is 4. The Morgan fingerprint density at radius 2 is 2.15 bits per heavy atom. The number of pyridine rings is 1. The maximum Gasteiger partial charge on any atom is 0.343 e. The molecule has 0 bridgehead atoms. The fourth-order valence-electron chi connectivity index (χ4n) is 3.66. The smallest absolute Gasteiger partial charge is 0.343 e. The lowest BCUT2D eigenvalue weighted by Crippen LogP contribution is -2.25. The lowest BCUT2D eigenvalue weighted by Gasteiger charge is -2.27. The average Bonchev–Trinajstić information content (AvgIpc) is 3.15. The minimum absolute atomic E-state index is 0.0758. The molecule has 0 saturated heterocycles. The van der Waals surface area contributed by atoms with Crippen LogP contribution in [0.4, 0.5) is 0 Å². The van der Waals surface area contributed by atoms with Crippen LogP contribution in [-0.4, -0.2) is 37.4 Å². The molecule has 140 valence electrons. The zero-order valence-corrected chi connectivity index (χ0v) is 15.6. The molecule has 8 nitrogen and oxygen atoms in total. The summed E-state index contributed by atoms with van der Waals surface area (Å²) in [6, 6.07) is 3.77. The first-order valence-corrected chi connectivity index (χ1v) is 9.21. The van der Waals surface area contributed by atoms with E-state index in [1.807, 2.05) is 17.6 Å². The Labute approximate surface area is 155 Å². The van der Waals surface area contributed by atoms with Crippen molar-refractivity contribution < 1.29 is 9.53 Å². The van der Waals surface area contributed by atoms with Gasteiger partial charge < -0.3 is 9.30 Å². The number of carbonyl (C=O) groups is 1. The molecule has 0 amide bonds. The lowest BCUT2D eigenvalue weighted by molar-refractivity contribution is 0.0524. The summed E-state index contributed by atoms with van der Waals surface area (Å²) in [5, 5.41) is 13.1. The Hall–Kier alpha value is -3.03. The van der Waals surface area contributed by atoms with Gasteiger partial charge in [-0.1, -0.05) is 0 Å². The van der Waals surface area contributed by atoms with E-state index in [0.29, 0.717) is 17.8 Å². The molecule has 1 aliphatic rings. The molecule has 0 fully saturated rings. The second kappa shape index (κ2) is 6.61. The maximum absolute atomic E-state index is 12.9. The van der Waals surface area contributed by atoms with Gasteiger partial charge in [0.05, 0.1) is 18.7 Å². The van der Waals surface area contributed by atoms with E-state index in [4.69, 9.17) is 4.74 Å². The summed E-state index contributed by atoms with van der Waals surface area (Å²) in [6.45, 7) is 6.63. The number of aryl methyl sites for hydroxylation is 2. The van der Waals surface area contributed by atoms with Crippen LogP contribution in [0.3, 0.4) is 0 Å². The van der Waals surface area contributed by atoms with Crippen molar-refractivity contribution in [2.24, 2.45) is 0 Å². The first-order chi connectivity index (χ1) is 13.0. The second-order valence-corrected chi connectivity index (χ2v) is 6.68. The number of ether oxygens (including phenoxy) is 1. The third kappa shape index (κ3) is 2.72. The Bertz CT molecular complexity index is 1100. The van der Waals surface area contributed by atoms with Crippen LogP contribution >= 0.6 is 0 Å². The van der Waals surface area contributed by atoms with E-state index in [-0.39, 0.29) is 23.6 Å². The lowest BCUT2D eigenvalue weighted by atomic mass is 9.92. The van der Waals surface area contributed by atoms with Gasteiger partial charge in [-0.3, -0.25) is 4.79 Å². The summed E-state index contributed by atoms with van der Waals surface area (Å²) in [4.78, 5) is 26.7. The van der Waals surface area contributed by atoms with Gasteiger partial charge in [0.25, 0.3) is 0 Å². The van der Waals surface area contributed by atoms with Crippen molar-refractivity contribution in [2.45, 2.75) is 46.2 Å². The number of carbonyl (C=O) groups excluding carboxylic acids is 1. The summed E-state index contributed by atoms with van der Waals surface area (Å²) in [5.41, 5.74) is 2.52. The monoisotopic (exact) mass is 367 g/mol. The highest BCUT2D eigenvalue weighted by molar-refractivity contribution is 5.96. The molecule has 8 heteroatoms. The second-order valence-electron chi connectivity index (χ2n) is 6.68. The average molecular weight is 367 g/mol. The van der Waals surface area contributed by atoms with Gasteiger partial charge in [-0.25, -0.2) is 4.79 Å². The van der Waals surface area contributed by atoms with Gasteiger partial charge in [-0.2, -0.15) is 4.80 Å². The van der Waals surface area contributed by atoms with E-state index in [1.165, 1.54) is 4.80 Å². The number of nitrogens with zero attached hydrogens (tertiary/aromatic N) is 5. The molecule has 3 aromatic rings. The zero-order chi connectivity index (χ0) is 19.1. The highest BCUT2D eigenvalue weighted by Gasteiger charge is 2.26. The van der Waals surface area contributed by atoms with Gasteiger partial charge in [0.15, 0.2) is 0 Å². The quantitative estimate of drug-likeness (QED) is 0.657. The van der Waals surface area contributed by atoms with Crippen molar-refractivity contribution in [3.05, 3.63) is 39.7 Å². The van der Waals surface area contributed by atoms with E-state index in [2.05, 4.69) is 22.3 Å². The number of aromatic nitrogens is 5. The minimum Gasteiger partial charge on any atom is -0.462 e. The largest absolute Gasteiger partial charge is 0.462 e. The summed E-state index contributed by atoms with van der Waals surface area (Å²) in [5.74, 6) is -0.0270. The highest BCUT2D eigenvalue weighted by Crippen LogP contribution is 2.35. The SMILES string of the molecule is CCOC(=O)c1cn2c3c(c(-c4nnn(CC)n4)ccc3c1=O)CCC2C. The van der Waals surface area contributed by atoms with Crippen LogP contribution in [0.1, 0.15) is 49.2 Å². The van der Waals surface area contributed by atoms with Gasteiger partial charge in [-0.15, -0.1) is 10.2 Å². The van der Waals surface area contributed by atoms with Crippen molar-refractivity contribution >= 4 is 16.9 Å². The van der Waals surface area contributed by atoms with Gasteiger partial charge in [0.1, 0.15) is 5.56 Å². The first-order valence-electron chi connectivity index (χ1n) is 9.21. The predicted molar refractivity (Wildman–Crippen MR) is 99.7 cm³/mol. The van der Waals surface area contributed by atoms with Gasteiger partial charge in [-0.05, 0) is 56.5 Å². The number of tetrazole rings is 1. The summed E-state index contributed by atoms with van der Waals surface area (Å²) >= 11 is 0. The van der Waals surface area contributed by atoms with Crippen molar-refractivity contribution in [2.75, 3.05) is 6.61 Å². The molecule has 1 aliphatic heterocycles. The van der Waals surface area contributed by atoms with Crippen LogP contribution in [0.15, 0.2) is 23.1 Å². The summed E-state index contributed by atoms with van der Waals surface area (Å²) < 4.78 is 7.08. The first kappa shape index (κ1) is 17.4. The van der Waals surface area contributed by atoms with Gasteiger partial charge in [0.2, 0.25) is 11.3 Å².